The fourth-order valence-corrected chi connectivity index (χ4v) is 3.82. The van der Waals surface area contributed by atoms with Gasteiger partial charge >= 0.3 is 0 Å². The predicted molar refractivity (Wildman–Crippen MR) is 88.7 cm³/mol. The van der Waals surface area contributed by atoms with Crippen molar-refractivity contribution in [2.24, 2.45) is 5.92 Å². The Bertz CT molecular complexity index is 561. The lowest BCUT2D eigenvalue weighted by molar-refractivity contribution is 0.551. The molecule has 4 heteroatoms. The zero-order chi connectivity index (χ0) is 14.5. The van der Waals surface area contributed by atoms with E-state index in [1.807, 2.05) is 6.92 Å². The van der Waals surface area contributed by atoms with Crippen LogP contribution < -0.4 is 5.32 Å². The van der Waals surface area contributed by atoms with Crippen molar-refractivity contribution >= 4 is 23.1 Å². The Morgan fingerprint density at radius 2 is 2.10 bits per heavy atom. The number of rotatable bonds is 6. The van der Waals surface area contributed by atoms with E-state index < -0.39 is 0 Å². The van der Waals surface area contributed by atoms with Gasteiger partial charge in [-0.2, -0.15) is 0 Å². The number of benzene rings is 1. The van der Waals surface area contributed by atoms with Gasteiger partial charge in [-0.3, -0.25) is 0 Å². The van der Waals surface area contributed by atoms with Crippen LogP contribution in [0.1, 0.15) is 30.7 Å². The van der Waals surface area contributed by atoms with E-state index in [9.17, 15) is 0 Å². The number of hydrogen-bond acceptors (Lipinski definition) is 4. The minimum Gasteiger partial charge on any atom is -0.312 e. The third-order valence-electron chi connectivity index (χ3n) is 2.99. The van der Waals surface area contributed by atoms with Gasteiger partial charge < -0.3 is 5.32 Å². The second kappa shape index (κ2) is 7.25. The van der Waals surface area contributed by atoms with Crippen LogP contribution in [0, 0.1) is 19.8 Å². The smallest absolute Gasteiger partial charge is 0.154 e. The van der Waals surface area contributed by atoms with Gasteiger partial charge in [0.25, 0.3) is 0 Å². The molecule has 0 unspecified atom stereocenters. The molecule has 20 heavy (non-hydrogen) atoms. The van der Waals surface area contributed by atoms with Crippen molar-refractivity contribution in [3.05, 3.63) is 40.4 Å². The molecular weight excluding hydrogens is 284 g/mol. The monoisotopic (exact) mass is 306 g/mol. The first-order valence-corrected chi connectivity index (χ1v) is 8.64. The summed E-state index contributed by atoms with van der Waals surface area (Å²) in [5.41, 5.74) is 3.83. The quantitative estimate of drug-likeness (QED) is 0.840. The first-order chi connectivity index (χ1) is 9.54. The maximum atomic E-state index is 4.50. The summed E-state index contributed by atoms with van der Waals surface area (Å²) in [5.74, 6) is 0.693. The van der Waals surface area contributed by atoms with E-state index in [-0.39, 0.29) is 0 Å². The van der Waals surface area contributed by atoms with Crippen molar-refractivity contribution in [3.8, 4) is 0 Å². The Morgan fingerprint density at radius 1 is 1.30 bits per heavy atom. The molecule has 1 N–H and O–H groups in total. The molecule has 0 radical (unpaired) electrons. The Balaban J connectivity index is 1.98. The third kappa shape index (κ3) is 4.62. The molecule has 0 bridgehead atoms. The van der Waals surface area contributed by atoms with Crippen LogP contribution in [0.15, 0.2) is 32.8 Å². The van der Waals surface area contributed by atoms with Gasteiger partial charge in [0.1, 0.15) is 0 Å². The second-order valence-corrected chi connectivity index (χ2v) is 7.65. The Kier molecular flexibility index (Phi) is 5.64. The minimum absolute atomic E-state index is 0.693. The van der Waals surface area contributed by atoms with Crippen LogP contribution in [0.25, 0.3) is 0 Å². The molecule has 2 nitrogen and oxygen atoms in total. The van der Waals surface area contributed by atoms with Gasteiger partial charge in [-0.25, -0.2) is 4.98 Å². The van der Waals surface area contributed by atoms with E-state index in [2.05, 4.69) is 54.7 Å². The molecule has 0 saturated carbocycles. The van der Waals surface area contributed by atoms with Crippen molar-refractivity contribution in [3.63, 3.8) is 0 Å². The van der Waals surface area contributed by atoms with Crippen molar-refractivity contribution in [1.82, 2.24) is 10.3 Å². The van der Waals surface area contributed by atoms with Crippen molar-refractivity contribution < 1.29 is 0 Å². The molecule has 108 valence electrons. The fourth-order valence-electron chi connectivity index (χ4n) is 1.91. The Morgan fingerprint density at radius 3 is 2.70 bits per heavy atom. The molecule has 0 atom stereocenters. The molecule has 1 aromatic heterocycles. The normalized spacial score (nSPS) is 11.2. The molecular formula is C16H22N2S2. The lowest BCUT2D eigenvalue weighted by Gasteiger charge is -2.10. The summed E-state index contributed by atoms with van der Waals surface area (Å²) in [7, 11) is 0. The van der Waals surface area contributed by atoms with Gasteiger partial charge in [-0.15, -0.1) is 11.3 Å². The molecule has 0 aliphatic carbocycles. The van der Waals surface area contributed by atoms with E-state index >= 15 is 0 Å². The van der Waals surface area contributed by atoms with Gasteiger partial charge in [-0.1, -0.05) is 31.7 Å². The zero-order valence-electron chi connectivity index (χ0n) is 12.6. The van der Waals surface area contributed by atoms with Crippen LogP contribution in [0.3, 0.4) is 0 Å². The zero-order valence-corrected chi connectivity index (χ0v) is 14.2. The van der Waals surface area contributed by atoms with E-state index in [1.54, 1.807) is 23.1 Å². The predicted octanol–water partition coefficient (Wildman–Crippen LogP) is 4.66. The van der Waals surface area contributed by atoms with Crippen molar-refractivity contribution in [1.29, 1.82) is 0 Å². The van der Waals surface area contributed by atoms with E-state index in [1.165, 1.54) is 16.0 Å². The molecule has 0 saturated heterocycles. The van der Waals surface area contributed by atoms with Crippen LogP contribution in [0.2, 0.25) is 0 Å². The van der Waals surface area contributed by atoms with Gasteiger partial charge in [-0.05, 0) is 49.6 Å². The highest BCUT2D eigenvalue weighted by Gasteiger charge is 2.05. The lowest BCUT2D eigenvalue weighted by atomic mass is 10.1. The number of nitrogens with zero attached hydrogens (tertiary/aromatic N) is 1. The second-order valence-electron chi connectivity index (χ2n) is 5.47. The average molecular weight is 307 g/mol. The maximum absolute atomic E-state index is 4.50. The van der Waals surface area contributed by atoms with Gasteiger partial charge in [0.2, 0.25) is 0 Å². The summed E-state index contributed by atoms with van der Waals surface area (Å²) in [6.45, 7) is 10.7. The molecule has 0 aliphatic heterocycles. The van der Waals surface area contributed by atoms with Crippen molar-refractivity contribution in [2.75, 3.05) is 6.54 Å². The van der Waals surface area contributed by atoms with Crippen LogP contribution >= 0.6 is 23.1 Å². The van der Waals surface area contributed by atoms with Crippen LogP contribution in [-0.2, 0) is 6.54 Å². The van der Waals surface area contributed by atoms with E-state index in [4.69, 9.17) is 0 Å². The SMILES string of the molecule is Cc1csc(Sc2ccc(CNCC(C)C)c(C)c2)n1. The minimum atomic E-state index is 0.693. The van der Waals surface area contributed by atoms with E-state index in [0.29, 0.717) is 5.92 Å². The highest BCUT2D eigenvalue weighted by molar-refractivity contribution is 8.01. The first kappa shape index (κ1) is 15.5. The van der Waals surface area contributed by atoms with Gasteiger partial charge in [0.05, 0.1) is 0 Å². The van der Waals surface area contributed by atoms with Crippen LogP contribution in [0.5, 0.6) is 0 Å². The van der Waals surface area contributed by atoms with Crippen molar-refractivity contribution in [2.45, 2.75) is 43.5 Å². The van der Waals surface area contributed by atoms with Crippen LogP contribution in [0.4, 0.5) is 0 Å². The number of aryl methyl sites for hydroxylation is 2. The summed E-state index contributed by atoms with van der Waals surface area (Å²) in [4.78, 5) is 5.76. The summed E-state index contributed by atoms with van der Waals surface area (Å²) in [6.07, 6.45) is 0. The largest absolute Gasteiger partial charge is 0.312 e. The Labute approximate surface area is 130 Å². The van der Waals surface area contributed by atoms with Gasteiger partial charge in [0.15, 0.2) is 4.34 Å². The van der Waals surface area contributed by atoms with E-state index in [0.717, 1.165) is 23.1 Å². The summed E-state index contributed by atoms with van der Waals surface area (Å²) < 4.78 is 1.12. The third-order valence-corrected chi connectivity index (χ3v) is 5.03. The fraction of sp³-hybridized carbons (Fsp3) is 0.438. The number of aromatic nitrogens is 1. The summed E-state index contributed by atoms with van der Waals surface area (Å²) in [6, 6.07) is 6.68. The topological polar surface area (TPSA) is 24.9 Å². The highest BCUT2D eigenvalue weighted by atomic mass is 32.2. The first-order valence-electron chi connectivity index (χ1n) is 6.95. The molecule has 1 heterocycles. The summed E-state index contributed by atoms with van der Waals surface area (Å²) >= 11 is 3.46. The summed E-state index contributed by atoms with van der Waals surface area (Å²) in [5, 5.41) is 5.59. The Hall–Kier alpha value is -0.840. The average Bonchev–Trinajstić information content (AvgIpc) is 2.77. The molecule has 0 amide bonds. The van der Waals surface area contributed by atoms with Crippen LogP contribution in [-0.4, -0.2) is 11.5 Å². The maximum Gasteiger partial charge on any atom is 0.154 e. The molecule has 0 spiro atoms. The number of thiazole rings is 1. The molecule has 0 aliphatic rings. The standard InChI is InChI=1S/C16H22N2S2/c1-11(2)8-17-9-14-5-6-15(7-12(14)3)20-16-18-13(4)10-19-16/h5-7,10-11,17H,8-9H2,1-4H3. The molecule has 2 rings (SSSR count). The number of hydrogen-bond donors (Lipinski definition) is 1. The molecule has 0 fully saturated rings. The molecule has 1 aromatic carbocycles. The molecule has 2 aromatic rings. The lowest BCUT2D eigenvalue weighted by Crippen LogP contribution is -2.19. The number of nitrogens with one attached hydrogen (secondary N) is 1. The van der Waals surface area contributed by atoms with Gasteiger partial charge in [0, 0.05) is 22.5 Å². The highest BCUT2D eigenvalue weighted by Crippen LogP contribution is 2.31.